The number of hydrogen-bond acceptors (Lipinski definition) is 3. The van der Waals surface area contributed by atoms with Gasteiger partial charge in [0, 0.05) is 18.4 Å². The molecule has 0 bridgehead atoms. The summed E-state index contributed by atoms with van der Waals surface area (Å²) >= 11 is 0. The van der Waals surface area contributed by atoms with Crippen LogP contribution in [-0.2, 0) is 0 Å². The van der Waals surface area contributed by atoms with Crippen LogP contribution in [0.2, 0.25) is 0 Å². The van der Waals surface area contributed by atoms with Gasteiger partial charge in [-0.15, -0.1) is 0 Å². The molecule has 0 aromatic heterocycles. The zero-order valence-corrected chi connectivity index (χ0v) is 8.31. The van der Waals surface area contributed by atoms with Crippen molar-refractivity contribution in [3.8, 4) is 5.75 Å². The predicted octanol–water partition coefficient (Wildman–Crippen LogP) is 1.59. The highest BCUT2D eigenvalue weighted by atomic mass is 16.5. The molecule has 74 valence electrons. The quantitative estimate of drug-likeness (QED) is 0.707. The largest absolute Gasteiger partial charge is 0.497 e. The van der Waals surface area contributed by atoms with Gasteiger partial charge in [0.05, 0.1) is 20.2 Å². The Morgan fingerprint density at radius 1 is 1.29 bits per heavy atom. The van der Waals surface area contributed by atoms with Crippen molar-refractivity contribution in [1.29, 1.82) is 0 Å². The second kappa shape index (κ2) is 4.13. The standard InChI is InChI=1S/C11H14N2O/c1-14-11-4-2-10(3-5-11)13-8-6-12-7-9-13/h2-6H,7-9H2,1H3. The maximum atomic E-state index is 5.11. The Morgan fingerprint density at radius 2 is 2.07 bits per heavy atom. The number of aliphatic imine (C=N–C) groups is 1. The molecule has 3 nitrogen and oxygen atoms in total. The molecule has 1 heterocycles. The fourth-order valence-electron chi connectivity index (χ4n) is 1.54. The van der Waals surface area contributed by atoms with E-state index in [1.165, 1.54) is 5.69 Å². The van der Waals surface area contributed by atoms with E-state index in [0.717, 1.165) is 25.4 Å². The minimum atomic E-state index is 0.895. The van der Waals surface area contributed by atoms with Gasteiger partial charge in [0.1, 0.15) is 5.75 Å². The summed E-state index contributed by atoms with van der Waals surface area (Å²) in [5, 5.41) is 0. The summed E-state index contributed by atoms with van der Waals surface area (Å²) in [7, 11) is 1.68. The first-order valence-corrected chi connectivity index (χ1v) is 4.77. The first-order valence-electron chi connectivity index (χ1n) is 4.77. The van der Waals surface area contributed by atoms with Crippen LogP contribution in [0.15, 0.2) is 29.3 Å². The molecular weight excluding hydrogens is 176 g/mol. The maximum absolute atomic E-state index is 5.11. The van der Waals surface area contributed by atoms with Crippen LogP contribution in [-0.4, -0.2) is 33.0 Å². The van der Waals surface area contributed by atoms with E-state index in [9.17, 15) is 0 Å². The zero-order valence-electron chi connectivity index (χ0n) is 8.31. The van der Waals surface area contributed by atoms with E-state index in [-0.39, 0.29) is 0 Å². The average molecular weight is 190 g/mol. The van der Waals surface area contributed by atoms with Gasteiger partial charge in [-0.25, -0.2) is 0 Å². The van der Waals surface area contributed by atoms with Crippen molar-refractivity contribution in [1.82, 2.24) is 0 Å². The smallest absolute Gasteiger partial charge is 0.119 e. The van der Waals surface area contributed by atoms with Crippen LogP contribution in [0.5, 0.6) is 5.75 Å². The Morgan fingerprint density at radius 3 is 2.64 bits per heavy atom. The van der Waals surface area contributed by atoms with Crippen LogP contribution >= 0.6 is 0 Å². The molecule has 0 saturated carbocycles. The lowest BCUT2D eigenvalue weighted by Gasteiger charge is -2.24. The maximum Gasteiger partial charge on any atom is 0.119 e. The molecule has 0 fully saturated rings. The van der Waals surface area contributed by atoms with Gasteiger partial charge in [0.2, 0.25) is 0 Å². The van der Waals surface area contributed by atoms with Crippen LogP contribution in [0.4, 0.5) is 5.69 Å². The van der Waals surface area contributed by atoms with Crippen molar-refractivity contribution in [3.63, 3.8) is 0 Å². The average Bonchev–Trinajstić information content (AvgIpc) is 2.30. The van der Waals surface area contributed by atoms with Gasteiger partial charge in [-0.3, -0.25) is 4.99 Å². The van der Waals surface area contributed by atoms with Gasteiger partial charge in [-0.05, 0) is 24.3 Å². The molecule has 3 heteroatoms. The molecule has 0 N–H and O–H groups in total. The molecule has 1 aliphatic rings. The van der Waals surface area contributed by atoms with Crippen LogP contribution in [0.25, 0.3) is 0 Å². The zero-order chi connectivity index (χ0) is 9.80. The Hall–Kier alpha value is -1.51. The second-order valence-corrected chi connectivity index (χ2v) is 3.23. The lowest BCUT2D eigenvalue weighted by Crippen LogP contribution is -2.31. The summed E-state index contributed by atoms with van der Waals surface area (Å²) in [5.74, 6) is 0.902. The van der Waals surface area contributed by atoms with E-state index in [0.29, 0.717) is 0 Å². The van der Waals surface area contributed by atoms with Crippen molar-refractivity contribution >= 4 is 11.9 Å². The Kier molecular flexibility index (Phi) is 2.68. The molecule has 2 rings (SSSR count). The van der Waals surface area contributed by atoms with Gasteiger partial charge >= 0.3 is 0 Å². The van der Waals surface area contributed by atoms with Gasteiger partial charge in [-0.1, -0.05) is 0 Å². The third-order valence-electron chi connectivity index (χ3n) is 2.37. The molecule has 0 atom stereocenters. The number of benzene rings is 1. The van der Waals surface area contributed by atoms with Crippen LogP contribution < -0.4 is 9.64 Å². The highest BCUT2D eigenvalue weighted by Crippen LogP contribution is 2.19. The van der Waals surface area contributed by atoms with E-state index in [1.54, 1.807) is 7.11 Å². The van der Waals surface area contributed by atoms with E-state index < -0.39 is 0 Å². The summed E-state index contributed by atoms with van der Waals surface area (Å²) in [6.07, 6.45) is 1.97. The first kappa shape index (κ1) is 9.06. The highest BCUT2D eigenvalue weighted by Gasteiger charge is 2.07. The molecule has 0 aliphatic carbocycles. The van der Waals surface area contributed by atoms with Crippen LogP contribution in [0.1, 0.15) is 0 Å². The summed E-state index contributed by atoms with van der Waals surface area (Å²) in [6.45, 7) is 2.81. The molecule has 0 amide bonds. The Balaban J connectivity index is 2.12. The van der Waals surface area contributed by atoms with E-state index in [1.807, 2.05) is 18.3 Å². The van der Waals surface area contributed by atoms with Crippen LogP contribution in [0, 0.1) is 0 Å². The van der Waals surface area contributed by atoms with E-state index in [2.05, 4.69) is 22.0 Å². The van der Waals surface area contributed by atoms with Crippen molar-refractivity contribution in [2.75, 3.05) is 31.6 Å². The first-order chi connectivity index (χ1) is 6.90. The summed E-state index contributed by atoms with van der Waals surface area (Å²) in [4.78, 5) is 6.49. The van der Waals surface area contributed by atoms with Gasteiger partial charge in [-0.2, -0.15) is 0 Å². The summed E-state index contributed by atoms with van der Waals surface area (Å²) < 4.78 is 5.11. The molecule has 1 aromatic rings. The lowest BCUT2D eigenvalue weighted by molar-refractivity contribution is 0.415. The number of ether oxygens (including phenoxy) is 1. The SMILES string of the molecule is COc1ccc(N2CC=NCC2)cc1. The molecule has 14 heavy (non-hydrogen) atoms. The number of rotatable bonds is 2. The van der Waals surface area contributed by atoms with E-state index >= 15 is 0 Å². The number of nitrogens with zero attached hydrogens (tertiary/aromatic N) is 2. The minimum absolute atomic E-state index is 0.895. The summed E-state index contributed by atoms with van der Waals surface area (Å²) in [5.41, 5.74) is 1.23. The van der Waals surface area contributed by atoms with Crippen molar-refractivity contribution in [2.24, 2.45) is 4.99 Å². The minimum Gasteiger partial charge on any atom is -0.497 e. The molecule has 1 aromatic carbocycles. The molecular formula is C11H14N2O. The predicted molar refractivity (Wildman–Crippen MR) is 58.6 cm³/mol. The fraction of sp³-hybridized carbons (Fsp3) is 0.364. The topological polar surface area (TPSA) is 24.8 Å². The summed E-state index contributed by atoms with van der Waals surface area (Å²) in [6, 6.07) is 8.14. The normalized spacial score (nSPS) is 15.6. The third kappa shape index (κ3) is 1.87. The molecule has 1 aliphatic heterocycles. The molecule has 0 radical (unpaired) electrons. The van der Waals surface area contributed by atoms with E-state index in [4.69, 9.17) is 4.74 Å². The second-order valence-electron chi connectivity index (χ2n) is 3.23. The Labute approximate surface area is 84.0 Å². The molecule has 0 unspecified atom stereocenters. The lowest BCUT2D eigenvalue weighted by atomic mass is 10.2. The highest BCUT2D eigenvalue weighted by molar-refractivity contribution is 5.67. The van der Waals surface area contributed by atoms with Gasteiger partial charge < -0.3 is 9.64 Å². The fourth-order valence-corrected chi connectivity index (χ4v) is 1.54. The number of anilines is 1. The molecule has 0 saturated heterocycles. The number of methoxy groups -OCH3 is 1. The van der Waals surface area contributed by atoms with Gasteiger partial charge in [0.25, 0.3) is 0 Å². The monoisotopic (exact) mass is 190 g/mol. The molecule has 0 spiro atoms. The third-order valence-corrected chi connectivity index (χ3v) is 2.37. The van der Waals surface area contributed by atoms with Gasteiger partial charge in [0.15, 0.2) is 0 Å². The van der Waals surface area contributed by atoms with Crippen molar-refractivity contribution in [2.45, 2.75) is 0 Å². The number of hydrogen-bond donors (Lipinski definition) is 0. The van der Waals surface area contributed by atoms with Crippen LogP contribution in [0.3, 0.4) is 0 Å². The Bertz CT molecular complexity index is 319. The van der Waals surface area contributed by atoms with Crippen molar-refractivity contribution < 1.29 is 4.74 Å². The van der Waals surface area contributed by atoms with Crippen molar-refractivity contribution in [3.05, 3.63) is 24.3 Å².